The molecule has 2 rings (SSSR count). The second kappa shape index (κ2) is 5.78. The molecule has 0 unspecified atom stereocenters. The van der Waals surface area contributed by atoms with E-state index in [0.29, 0.717) is 4.47 Å². The van der Waals surface area contributed by atoms with Gasteiger partial charge in [-0.1, -0.05) is 15.9 Å². The first-order valence-electron chi connectivity index (χ1n) is 5.52. The molecule has 2 aromatic rings. The highest BCUT2D eigenvalue weighted by molar-refractivity contribution is 9.10. The lowest BCUT2D eigenvalue weighted by molar-refractivity contribution is -0.387. The zero-order valence-electron chi connectivity index (χ0n) is 10.3. The Hall–Kier alpha value is -2.00. The lowest BCUT2D eigenvalue weighted by Gasteiger charge is -2.08. The number of nitro groups is 1. The van der Waals surface area contributed by atoms with E-state index in [4.69, 9.17) is 0 Å². The minimum absolute atomic E-state index is 0.0160. The molecule has 0 fully saturated rings. The molecule has 0 heterocycles. The van der Waals surface area contributed by atoms with Gasteiger partial charge >= 0.3 is 5.69 Å². The lowest BCUT2D eigenvalue weighted by Crippen LogP contribution is -2.13. The summed E-state index contributed by atoms with van der Waals surface area (Å²) < 4.78 is 40.2. The second-order valence-corrected chi connectivity index (χ2v) is 6.58. The van der Waals surface area contributed by atoms with Gasteiger partial charge in [-0.15, -0.1) is 0 Å². The van der Waals surface area contributed by atoms with Crippen molar-refractivity contribution in [1.82, 2.24) is 0 Å². The van der Waals surface area contributed by atoms with Crippen LogP contribution >= 0.6 is 15.9 Å². The van der Waals surface area contributed by atoms with E-state index in [1.54, 1.807) is 12.1 Å². The van der Waals surface area contributed by atoms with Crippen LogP contribution < -0.4 is 4.72 Å². The van der Waals surface area contributed by atoms with E-state index in [1.165, 1.54) is 12.1 Å². The average Bonchev–Trinajstić information content (AvgIpc) is 2.41. The zero-order chi connectivity index (χ0) is 15.6. The molecule has 0 saturated heterocycles. The van der Waals surface area contributed by atoms with Crippen LogP contribution in [0.2, 0.25) is 0 Å². The minimum atomic E-state index is -3.90. The third kappa shape index (κ3) is 3.56. The van der Waals surface area contributed by atoms with Gasteiger partial charge in [0.25, 0.3) is 10.0 Å². The average molecular weight is 375 g/mol. The summed E-state index contributed by atoms with van der Waals surface area (Å²) in [4.78, 5) is 9.69. The van der Waals surface area contributed by atoms with Crippen LogP contribution in [0, 0.1) is 15.9 Å². The Morgan fingerprint density at radius 2 is 1.76 bits per heavy atom. The van der Waals surface area contributed by atoms with Crippen molar-refractivity contribution in [2.24, 2.45) is 0 Å². The third-order valence-electron chi connectivity index (χ3n) is 2.52. The number of nitrogens with one attached hydrogen (secondary N) is 1. The number of hydrogen-bond donors (Lipinski definition) is 1. The molecule has 110 valence electrons. The highest BCUT2D eigenvalue weighted by Gasteiger charge is 2.18. The first-order chi connectivity index (χ1) is 9.79. The SMILES string of the molecule is O=[N+]([O-])c1cc(NS(=O)(=O)c2ccc(Br)cc2)ccc1F. The van der Waals surface area contributed by atoms with E-state index < -0.39 is 26.5 Å². The molecule has 0 saturated carbocycles. The van der Waals surface area contributed by atoms with Gasteiger partial charge in [0.1, 0.15) is 0 Å². The molecular formula is C12H8BrFN2O4S. The smallest absolute Gasteiger partial charge is 0.279 e. The van der Waals surface area contributed by atoms with E-state index >= 15 is 0 Å². The molecule has 0 aliphatic carbocycles. The lowest BCUT2D eigenvalue weighted by atomic mass is 10.3. The van der Waals surface area contributed by atoms with Gasteiger partial charge < -0.3 is 0 Å². The quantitative estimate of drug-likeness (QED) is 0.656. The largest absolute Gasteiger partial charge is 0.306 e. The van der Waals surface area contributed by atoms with Crippen LogP contribution in [0.5, 0.6) is 0 Å². The zero-order valence-corrected chi connectivity index (χ0v) is 12.7. The molecule has 0 bridgehead atoms. The first-order valence-corrected chi connectivity index (χ1v) is 7.79. The Kier molecular flexibility index (Phi) is 4.24. The van der Waals surface area contributed by atoms with Crippen LogP contribution in [0.3, 0.4) is 0 Å². The van der Waals surface area contributed by atoms with E-state index in [9.17, 15) is 22.9 Å². The van der Waals surface area contributed by atoms with Crippen molar-refractivity contribution in [2.45, 2.75) is 4.90 Å². The highest BCUT2D eigenvalue weighted by Crippen LogP contribution is 2.24. The number of sulfonamides is 1. The number of nitrogens with zero attached hydrogens (tertiary/aromatic N) is 1. The summed E-state index contributed by atoms with van der Waals surface area (Å²) in [6.07, 6.45) is 0. The van der Waals surface area contributed by atoms with Gasteiger partial charge in [0, 0.05) is 10.5 Å². The van der Waals surface area contributed by atoms with E-state index in [-0.39, 0.29) is 10.6 Å². The molecule has 0 spiro atoms. The van der Waals surface area contributed by atoms with Crippen LogP contribution in [0.4, 0.5) is 15.8 Å². The van der Waals surface area contributed by atoms with Crippen molar-refractivity contribution in [1.29, 1.82) is 0 Å². The van der Waals surface area contributed by atoms with Crippen molar-refractivity contribution >= 4 is 37.3 Å². The molecular weight excluding hydrogens is 367 g/mol. The van der Waals surface area contributed by atoms with Gasteiger partial charge in [0.15, 0.2) is 0 Å². The number of hydrogen-bond acceptors (Lipinski definition) is 4. The Bertz CT molecular complexity index is 793. The molecule has 0 aliphatic rings. The van der Waals surface area contributed by atoms with Gasteiger partial charge in [0.05, 0.1) is 15.5 Å². The van der Waals surface area contributed by atoms with E-state index in [1.807, 2.05) is 0 Å². The summed E-state index contributed by atoms with van der Waals surface area (Å²) in [5.41, 5.74) is -0.892. The highest BCUT2D eigenvalue weighted by atomic mass is 79.9. The Morgan fingerprint density at radius 3 is 2.33 bits per heavy atom. The van der Waals surface area contributed by atoms with Gasteiger partial charge in [-0.05, 0) is 36.4 Å². The maximum atomic E-state index is 13.2. The topological polar surface area (TPSA) is 89.3 Å². The molecule has 0 atom stereocenters. The third-order valence-corrected chi connectivity index (χ3v) is 4.44. The van der Waals surface area contributed by atoms with Crippen molar-refractivity contribution in [3.05, 3.63) is 62.9 Å². The molecule has 1 N–H and O–H groups in total. The molecule has 0 aliphatic heterocycles. The molecule has 9 heteroatoms. The van der Waals surface area contributed by atoms with Crippen LogP contribution in [0.25, 0.3) is 0 Å². The van der Waals surface area contributed by atoms with Gasteiger partial charge in [-0.2, -0.15) is 4.39 Å². The molecule has 21 heavy (non-hydrogen) atoms. The Labute approximate surface area is 127 Å². The molecule has 2 aromatic carbocycles. The van der Waals surface area contributed by atoms with Crippen molar-refractivity contribution in [3.8, 4) is 0 Å². The predicted molar refractivity (Wildman–Crippen MR) is 78.0 cm³/mol. The van der Waals surface area contributed by atoms with Crippen molar-refractivity contribution in [2.75, 3.05) is 4.72 Å². The standard InChI is InChI=1S/C12H8BrFN2O4S/c13-8-1-4-10(5-2-8)21(19,20)15-9-3-6-11(14)12(7-9)16(17)18/h1-7,15H. The maximum absolute atomic E-state index is 13.2. The van der Waals surface area contributed by atoms with Crippen LogP contribution in [0.15, 0.2) is 51.8 Å². The fourth-order valence-corrected chi connectivity index (χ4v) is 2.86. The fraction of sp³-hybridized carbons (Fsp3) is 0. The first kappa shape index (κ1) is 15.4. The number of rotatable bonds is 4. The van der Waals surface area contributed by atoms with Gasteiger partial charge in [-0.25, -0.2) is 8.42 Å². The summed E-state index contributed by atoms with van der Waals surface area (Å²) in [7, 11) is -3.90. The number of benzene rings is 2. The van der Waals surface area contributed by atoms with Gasteiger partial charge in [-0.3, -0.25) is 14.8 Å². The number of halogens is 2. The Morgan fingerprint density at radius 1 is 1.14 bits per heavy atom. The number of nitro benzene ring substituents is 1. The summed E-state index contributed by atoms with van der Waals surface area (Å²) in [6, 6.07) is 8.58. The van der Waals surface area contributed by atoms with Crippen LogP contribution in [-0.4, -0.2) is 13.3 Å². The van der Waals surface area contributed by atoms with E-state index in [2.05, 4.69) is 20.7 Å². The normalized spacial score (nSPS) is 11.1. The van der Waals surface area contributed by atoms with Crippen molar-refractivity contribution < 1.29 is 17.7 Å². The molecule has 0 radical (unpaired) electrons. The molecule has 0 aromatic heterocycles. The Balaban J connectivity index is 2.35. The maximum Gasteiger partial charge on any atom is 0.306 e. The summed E-state index contributed by atoms with van der Waals surface area (Å²) in [5, 5.41) is 10.6. The van der Waals surface area contributed by atoms with Crippen molar-refractivity contribution in [3.63, 3.8) is 0 Å². The second-order valence-electron chi connectivity index (χ2n) is 3.98. The summed E-state index contributed by atoms with van der Waals surface area (Å²) >= 11 is 3.18. The fourth-order valence-electron chi connectivity index (χ4n) is 1.54. The minimum Gasteiger partial charge on any atom is -0.279 e. The van der Waals surface area contributed by atoms with E-state index in [0.717, 1.165) is 18.2 Å². The molecule has 0 amide bonds. The predicted octanol–water partition coefficient (Wildman–Crippen LogP) is 3.30. The summed E-state index contributed by atoms with van der Waals surface area (Å²) in [5.74, 6) is -1.04. The van der Waals surface area contributed by atoms with Crippen LogP contribution in [0.1, 0.15) is 0 Å². The summed E-state index contributed by atoms with van der Waals surface area (Å²) in [6.45, 7) is 0. The monoisotopic (exact) mass is 374 g/mol. The van der Waals surface area contributed by atoms with Gasteiger partial charge in [0.2, 0.25) is 5.82 Å². The van der Waals surface area contributed by atoms with Crippen LogP contribution in [-0.2, 0) is 10.0 Å². The molecule has 6 nitrogen and oxygen atoms in total. The number of anilines is 1.